The summed E-state index contributed by atoms with van der Waals surface area (Å²) in [6.45, 7) is -0.469. The Morgan fingerprint density at radius 3 is 2.61 bits per heavy atom. The lowest BCUT2D eigenvalue weighted by Gasteiger charge is -2.10. The maximum atomic E-state index is 12.0. The van der Waals surface area contributed by atoms with Crippen LogP contribution in [-0.4, -0.2) is 18.5 Å². The molecule has 0 unspecified atom stereocenters. The number of para-hydroxylation sites is 1. The third-order valence-corrected chi connectivity index (χ3v) is 4.02. The molecule has 0 aliphatic rings. The van der Waals surface area contributed by atoms with Crippen molar-refractivity contribution in [3.05, 3.63) is 56.5 Å². The van der Waals surface area contributed by atoms with Crippen molar-refractivity contribution in [3.63, 3.8) is 0 Å². The van der Waals surface area contributed by atoms with Crippen LogP contribution < -0.4 is 11.1 Å². The van der Waals surface area contributed by atoms with Gasteiger partial charge in [0.2, 0.25) is 0 Å². The first-order chi connectivity index (χ1) is 10.9. The van der Waals surface area contributed by atoms with E-state index in [2.05, 4.69) is 21.2 Å². The van der Waals surface area contributed by atoms with E-state index in [0.29, 0.717) is 10.2 Å². The molecule has 8 heteroatoms. The Balaban J connectivity index is 2.00. The number of hydrogen-bond donors (Lipinski definition) is 2. The Morgan fingerprint density at radius 2 is 1.91 bits per heavy atom. The average molecular weight is 418 g/mol. The minimum absolute atomic E-state index is 0.0104. The fraction of sp³-hybridized carbons (Fsp3) is 0.0667. The topological polar surface area (TPSA) is 81.4 Å². The number of esters is 1. The third-order valence-electron chi connectivity index (χ3n) is 2.80. The van der Waals surface area contributed by atoms with Crippen molar-refractivity contribution >= 4 is 62.4 Å². The van der Waals surface area contributed by atoms with E-state index < -0.39 is 18.5 Å². The van der Waals surface area contributed by atoms with Gasteiger partial charge >= 0.3 is 5.97 Å². The Bertz CT molecular complexity index is 768. The number of nitrogen functional groups attached to an aromatic ring is 1. The molecule has 120 valence electrons. The summed E-state index contributed by atoms with van der Waals surface area (Å²) >= 11 is 15.0. The smallest absolute Gasteiger partial charge is 0.340 e. The van der Waals surface area contributed by atoms with Crippen molar-refractivity contribution < 1.29 is 14.3 Å². The number of halogens is 3. The largest absolute Gasteiger partial charge is 0.452 e. The van der Waals surface area contributed by atoms with E-state index in [1.807, 2.05) is 6.07 Å². The molecule has 0 bridgehead atoms. The molecule has 0 radical (unpaired) electrons. The minimum Gasteiger partial charge on any atom is -0.452 e. The summed E-state index contributed by atoms with van der Waals surface area (Å²) in [5, 5.41) is 2.99. The fourth-order valence-corrected chi connectivity index (χ4v) is 2.59. The first-order valence-electron chi connectivity index (χ1n) is 6.34. The second-order valence-electron chi connectivity index (χ2n) is 4.45. The highest BCUT2D eigenvalue weighted by molar-refractivity contribution is 9.10. The lowest BCUT2D eigenvalue weighted by Crippen LogP contribution is -2.21. The Hall–Kier alpha value is -1.76. The van der Waals surface area contributed by atoms with Gasteiger partial charge in [0.25, 0.3) is 5.91 Å². The van der Waals surface area contributed by atoms with Crippen LogP contribution >= 0.6 is 39.1 Å². The van der Waals surface area contributed by atoms with Crippen LogP contribution in [-0.2, 0) is 9.53 Å². The maximum absolute atomic E-state index is 12.0. The highest BCUT2D eigenvalue weighted by Gasteiger charge is 2.16. The van der Waals surface area contributed by atoms with E-state index in [1.165, 1.54) is 12.1 Å². The summed E-state index contributed by atoms with van der Waals surface area (Å²) in [5.74, 6) is -1.27. The molecule has 0 aliphatic heterocycles. The summed E-state index contributed by atoms with van der Waals surface area (Å²) in [7, 11) is 0. The molecular formula is C15H11BrCl2N2O3. The molecule has 0 spiro atoms. The molecule has 3 N–H and O–H groups in total. The third kappa shape index (κ3) is 4.60. The van der Waals surface area contributed by atoms with Gasteiger partial charge in [-0.1, -0.05) is 35.3 Å². The van der Waals surface area contributed by atoms with Crippen LogP contribution in [0.1, 0.15) is 10.4 Å². The first kappa shape index (κ1) is 17.6. The van der Waals surface area contributed by atoms with Crippen LogP contribution in [0.4, 0.5) is 11.4 Å². The second-order valence-corrected chi connectivity index (χ2v) is 6.15. The number of amides is 1. The Labute approximate surface area is 150 Å². The zero-order chi connectivity index (χ0) is 17.0. The van der Waals surface area contributed by atoms with E-state index >= 15 is 0 Å². The van der Waals surface area contributed by atoms with Gasteiger partial charge in [-0.25, -0.2) is 4.79 Å². The predicted molar refractivity (Wildman–Crippen MR) is 93.9 cm³/mol. The lowest BCUT2D eigenvalue weighted by atomic mass is 10.2. The SMILES string of the molecule is Nc1c(Cl)cc(Cl)cc1C(=O)OCC(=O)Nc1ccccc1Br. The van der Waals surface area contributed by atoms with Crippen LogP contribution in [0.15, 0.2) is 40.9 Å². The van der Waals surface area contributed by atoms with Gasteiger partial charge in [0.05, 0.1) is 22.0 Å². The van der Waals surface area contributed by atoms with E-state index in [1.54, 1.807) is 18.2 Å². The van der Waals surface area contributed by atoms with E-state index in [4.69, 9.17) is 33.7 Å². The standard InChI is InChI=1S/C15H11BrCl2N2O3/c16-10-3-1-2-4-12(10)20-13(21)7-23-15(22)9-5-8(17)6-11(18)14(9)19/h1-6H,7,19H2,(H,20,21). The van der Waals surface area contributed by atoms with Gasteiger partial charge in [-0.2, -0.15) is 0 Å². The number of anilines is 2. The van der Waals surface area contributed by atoms with Crippen LogP contribution in [0.25, 0.3) is 0 Å². The summed E-state index contributed by atoms with van der Waals surface area (Å²) in [5.41, 5.74) is 6.33. The summed E-state index contributed by atoms with van der Waals surface area (Å²) in [6, 6.07) is 9.80. The van der Waals surface area contributed by atoms with Gasteiger partial charge in [-0.3, -0.25) is 4.79 Å². The highest BCUT2D eigenvalue weighted by atomic mass is 79.9. The van der Waals surface area contributed by atoms with E-state index in [9.17, 15) is 9.59 Å². The van der Waals surface area contributed by atoms with Crippen molar-refractivity contribution in [2.24, 2.45) is 0 Å². The summed E-state index contributed by atoms with van der Waals surface area (Å²) in [4.78, 5) is 23.8. The molecule has 0 saturated heterocycles. The van der Waals surface area contributed by atoms with Crippen molar-refractivity contribution in [3.8, 4) is 0 Å². The first-order valence-corrected chi connectivity index (χ1v) is 7.89. The molecule has 2 aromatic rings. The molecule has 2 rings (SSSR count). The van der Waals surface area contributed by atoms with Crippen molar-refractivity contribution in [1.82, 2.24) is 0 Å². The summed E-state index contributed by atoms with van der Waals surface area (Å²) in [6.07, 6.45) is 0. The zero-order valence-electron chi connectivity index (χ0n) is 11.6. The molecule has 0 atom stereocenters. The molecule has 2 aromatic carbocycles. The number of ether oxygens (including phenoxy) is 1. The number of carbonyl (C=O) groups excluding carboxylic acids is 2. The second kappa shape index (κ2) is 7.68. The predicted octanol–water partition coefficient (Wildman–Crippen LogP) is 4.13. The molecular weight excluding hydrogens is 407 g/mol. The van der Waals surface area contributed by atoms with Gasteiger partial charge in [0, 0.05) is 9.50 Å². The van der Waals surface area contributed by atoms with Crippen LogP contribution in [0.2, 0.25) is 10.0 Å². The summed E-state index contributed by atoms with van der Waals surface area (Å²) < 4.78 is 5.64. The Morgan fingerprint density at radius 1 is 1.22 bits per heavy atom. The highest BCUT2D eigenvalue weighted by Crippen LogP contribution is 2.28. The molecule has 0 saturated carbocycles. The van der Waals surface area contributed by atoms with Crippen LogP contribution in [0.5, 0.6) is 0 Å². The minimum atomic E-state index is -0.783. The molecule has 5 nitrogen and oxygen atoms in total. The van der Waals surface area contributed by atoms with Gasteiger partial charge in [0.15, 0.2) is 6.61 Å². The number of carbonyl (C=O) groups is 2. The molecule has 1 amide bonds. The lowest BCUT2D eigenvalue weighted by molar-refractivity contribution is -0.119. The number of nitrogens with one attached hydrogen (secondary N) is 1. The maximum Gasteiger partial charge on any atom is 0.340 e. The fourth-order valence-electron chi connectivity index (χ4n) is 1.71. The van der Waals surface area contributed by atoms with Crippen molar-refractivity contribution in [2.45, 2.75) is 0 Å². The van der Waals surface area contributed by atoms with Gasteiger partial charge in [-0.05, 0) is 40.2 Å². The van der Waals surface area contributed by atoms with Crippen molar-refractivity contribution in [1.29, 1.82) is 0 Å². The average Bonchev–Trinajstić information content (AvgIpc) is 2.50. The van der Waals surface area contributed by atoms with Crippen LogP contribution in [0, 0.1) is 0 Å². The van der Waals surface area contributed by atoms with E-state index in [0.717, 1.165) is 0 Å². The van der Waals surface area contributed by atoms with Crippen molar-refractivity contribution in [2.75, 3.05) is 17.7 Å². The molecule has 0 fully saturated rings. The van der Waals surface area contributed by atoms with Gasteiger partial charge < -0.3 is 15.8 Å². The number of nitrogens with two attached hydrogens (primary N) is 1. The van der Waals surface area contributed by atoms with Gasteiger partial charge in [-0.15, -0.1) is 0 Å². The molecule has 0 aliphatic carbocycles. The Kier molecular flexibility index (Phi) is 5.87. The number of benzene rings is 2. The molecule has 0 aromatic heterocycles. The molecule has 23 heavy (non-hydrogen) atoms. The number of rotatable bonds is 4. The van der Waals surface area contributed by atoms with E-state index in [-0.39, 0.29) is 21.3 Å². The van der Waals surface area contributed by atoms with Gasteiger partial charge in [0.1, 0.15) is 0 Å². The monoisotopic (exact) mass is 416 g/mol. The van der Waals surface area contributed by atoms with Crippen LogP contribution in [0.3, 0.4) is 0 Å². The quantitative estimate of drug-likeness (QED) is 0.578. The zero-order valence-corrected chi connectivity index (χ0v) is 14.7. The number of hydrogen-bond acceptors (Lipinski definition) is 4. The molecule has 0 heterocycles. The normalized spacial score (nSPS) is 10.2.